The number of carbonyl (C=O) groups is 1. The first-order chi connectivity index (χ1) is 18.9. The molecule has 1 aliphatic rings. The molecular weight excluding hydrogens is 537 g/mol. The lowest BCUT2D eigenvalue weighted by Crippen LogP contribution is -2.46. The molecule has 1 aromatic carbocycles. The molecule has 3 rings (SSSR count). The molecule has 10 heteroatoms. The van der Waals surface area contributed by atoms with E-state index in [1.165, 1.54) is 6.07 Å². The van der Waals surface area contributed by atoms with Gasteiger partial charge < -0.3 is 29.5 Å². The van der Waals surface area contributed by atoms with Gasteiger partial charge in [0, 0.05) is 24.8 Å². The Morgan fingerprint density at radius 2 is 1.77 bits per heavy atom. The van der Waals surface area contributed by atoms with E-state index in [1.54, 1.807) is 43.9 Å². The lowest BCUT2D eigenvalue weighted by molar-refractivity contribution is -0.161. The number of benzene rings is 1. The largest absolute Gasteiger partial charge is 0.478 e. The molecule has 1 aliphatic heterocycles. The summed E-state index contributed by atoms with van der Waals surface area (Å²) in [5.41, 5.74) is -0.525. The molecule has 0 spiro atoms. The van der Waals surface area contributed by atoms with Crippen molar-refractivity contribution in [1.29, 1.82) is 0 Å². The van der Waals surface area contributed by atoms with Gasteiger partial charge in [0.05, 0.1) is 35.9 Å². The zero-order chi connectivity index (χ0) is 29.3. The van der Waals surface area contributed by atoms with Crippen LogP contribution in [-0.4, -0.2) is 53.6 Å². The van der Waals surface area contributed by atoms with Crippen LogP contribution < -0.4 is 19.7 Å². The van der Waals surface area contributed by atoms with E-state index in [9.17, 15) is 9.90 Å². The van der Waals surface area contributed by atoms with E-state index in [1.807, 2.05) is 0 Å². The van der Waals surface area contributed by atoms with Crippen molar-refractivity contribution in [3.63, 3.8) is 0 Å². The standard InChI is InChI=1S/C30H43ClFN3O5/c1-6-8-16-38-25-11-10-24(28(34-25)39-17-9-7-2)33-21-18-22(31)27(23(32)19-21)35-14-12-30(37,13-15-35)20-26(36)40-29(3,4)5/h10-11,18-19,33,37H,6-9,12-17,20H2,1-5H3. The SMILES string of the molecule is CCCCOc1ccc(Nc2cc(F)c(N3CCC(O)(CC(=O)OC(C)(C)C)CC3)c(Cl)c2)c(OCCCC)n1. The van der Waals surface area contributed by atoms with E-state index in [2.05, 4.69) is 24.1 Å². The molecule has 2 N–H and O–H groups in total. The third-order valence-electron chi connectivity index (χ3n) is 6.52. The molecule has 0 bridgehead atoms. The minimum Gasteiger partial charge on any atom is -0.478 e. The van der Waals surface area contributed by atoms with Gasteiger partial charge in [-0.05, 0) is 64.7 Å². The highest BCUT2D eigenvalue weighted by Gasteiger charge is 2.37. The number of aliphatic hydroxyl groups is 1. The topological polar surface area (TPSA) is 93.2 Å². The fraction of sp³-hybridized carbons (Fsp3) is 0.600. The number of ether oxygens (including phenoxy) is 3. The Balaban J connectivity index is 1.70. The number of rotatable bonds is 13. The molecule has 40 heavy (non-hydrogen) atoms. The quantitative estimate of drug-likeness (QED) is 0.193. The van der Waals surface area contributed by atoms with Gasteiger partial charge in [0.25, 0.3) is 0 Å². The minimum atomic E-state index is -1.20. The lowest BCUT2D eigenvalue weighted by Gasteiger charge is -2.39. The van der Waals surface area contributed by atoms with Crippen LogP contribution >= 0.6 is 11.6 Å². The van der Waals surface area contributed by atoms with Crippen molar-refractivity contribution in [2.75, 3.05) is 36.5 Å². The van der Waals surface area contributed by atoms with Crippen molar-refractivity contribution in [3.05, 3.63) is 35.1 Å². The Morgan fingerprint density at radius 3 is 2.38 bits per heavy atom. The Bertz CT molecular complexity index is 1110. The number of hydrogen-bond donors (Lipinski definition) is 2. The molecule has 0 saturated carbocycles. The number of hydrogen-bond acceptors (Lipinski definition) is 8. The van der Waals surface area contributed by atoms with Crippen LogP contribution in [0, 0.1) is 5.82 Å². The van der Waals surface area contributed by atoms with Gasteiger partial charge in [-0.25, -0.2) is 4.39 Å². The number of aromatic nitrogens is 1. The number of unbranched alkanes of at least 4 members (excludes halogenated alkanes) is 2. The van der Waals surface area contributed by atoms with Crippen molar-refractivity contribution in [3.8, 4) is 11.8 Å². The summed E-state index contributed by atoms with van der Waals surface area (Å²) in [5, 5.41) is 14.4. The van der Waals surface area contributed by atoms with Crippen molar-refractivity contribution < 1.29 is 28.5 Å². The maximum atomic E-state index is 15.4. The molecule has 2 aromatic rings. The van der Waals surface area contributed by atoms with Crippen LogP contribution in [0.3, 0.4) is 0 Å². The number of anilines is 3. The van der Waals surface area contributed by atoms with E-state index in [0.29, 0.717) is 62.3 Å². The molecule has 0 radical (unpaired) electrons. The van der Waals surface area contributed by atoms with Gasteiger partial charge in [-0.2, -0.15) is 4.98 Å². The van der Waals surface area contributed by atoms with Crippen LogP contribution in [0.4, 0.5) is 21.5 Å². The number of nitrogens with zero attached hydrogens (tertiary/aromatic N) is 2. The molecule has 1 fully saturated rings. The number of pyridine rings is 1. The average Bonchev–Trinajstić information content (AvgIpc) is 2.85. The number of piperidine rings is 1. The molecule has 1 saturated heterocycles. The third kappa shape index (κ3) is 9.41. The Kier molecular flexibility index (Phi) is 11.3. The first-order valence-electron chi connectivity index (χ1n) is 14.1. The van der Waals surface area contributed by atoms with Crippen molar-refractivity contribution in [1.82, 2.24) is 4.98 Å². The van der Waals surface area contributed by atoms with Crippen LogP contribution in [0.5, 0.6) is 11.8 Å². The van der Waals surface area contributed by atoms with E-state index in [-0.39, 0.29) is 17.1 Å². The summed E-state index contributed by atoms with van der Waals surface area (Å²) in [6.07, 6.45) is 4.28. The molecule has 0 aliphatic carbocycles. The molecule has 222 valence electrons. The van der Waals surface area contributed by atoms with Gasteiger partial charge in [0.1, 0.15) is 17.1 Å². The van der Waals surface area contributed by atoms with E-state index < -0.39 is 23.0 Å². The van der Waals surface area contributed by atoms with E-state index in [4.69, 9.17) is 25.8 Å². The highest BCUT2D eigenvalue weighted by molar-refractivity contribution is 6.33. The smallest absolute Gasteiger partial charge is 0.309 e. The van der Waals surface area contributed by atoms with Gasteiger partial charge in [0.2, 0.25) is 11.8 Å². The molecular formula is C30H43ClFN3O5. The molecule has 1 aromatic heterocycles. The van der Waals surface area contributed by atoms with Crippen molar-refractivity contribution in [2.45, 2.75) is 90.8 Å². The maximum Gasteiger partial charge on any atom is 0.309 e. The van der Waals surface area contributed by atoms with Crippen LogP contribution in [0.15, 0.2) is 24.3 Å². The maximum absolute atomic E-state index is 15.4. The van der Waals surface area contributed by atoms with Crippen molar-refractivity contribution in [2.24, 2.45) is 0 Å². The number of carbonyl (C=O) groups excluding carboxylic acids is 1. The second-order valence-corrected chi connectivity index (χ2v) is 11.7. The van der Waals surface area contributed by atoms with Crippen LogP contribution in [0.1, 0.15) is 79.6 Å². The first kappa shape index (κ1) is 31.7. The normalized spacial score (nSPS) is 15.1. The van der Waals surface area contributed by atoms with Gasteiger partial charge in [-0.1, -0.05) is 38.3 Å². The number of esters is 1. The minimum absolute atomic E-state index is 0.101. The summed E-state index contributed by atoms with van der Waals surface area (Å²) >= 11 is 6.58. The monoisotopic (exact) mass is 579 g/mol. The van der Waals surface area contributed by atoms with Crippen LogP contribution in [0.2, 0.25) is 5.02 Å². The first-order valence-corrected chi connectivity index (χ1v) is 14.5. The lowest BCUT2D eigenvalue weighted by atomic mass is 9.88. The predicted molar refractivity (Wildman–Crippen MR) is 157 cm³/mol. The van der Waals surface area contributed by atoms with Gasteiger partial charge >= 0.3 is 5.97 Å². The highest BCUT2D eigenvalue weighted by atomic mass is 35.5. The number of nitrogens with one attached hydrogen (secondary N) is 1. The fourth-order valence-electron chi connectivity index (χ4n) is 4.41. The molecule has 0 unspecified atom stereocenters. The summed E-state index contributed by atoms with van der Waals surface area (Å²) in [4.78, 5) is 18.6. The third-order valence-corrected chi connectivity index (χ3v) is 6.81. The predicted octanol–water partition coefficient (Wildman–Crippen LogP) is 7.04. The van der Waals surface area contributed by atoms with Crippen LogP contribution in [0.25, 0.3) is 0 Å². The summed E-state index contributed by atoms with van der Waals surface area (Å²) in [7, 11) is 0. The van der Waals surface area contributed by atoms with Crippen LogP contribution in [-0.2, 0) is 9.53 Å². The van der Waals surface area contributed by atoms with E-state index >= 15 is 4.39 Å². The zero-order valence-corrected chi connectivity index (χ0v) is 25.1. The van der Waals surface area contributed by atoms with Gasteiger partial charge in [-0.3, -0.25) is 4.79 Å². The van der Waals surface area contributed by atoms with Crippen molar-refractivity contribution >= 4 is 34.6 Å². The fourth-order valence-corrected chi connectivity index (χ4v) is 4.74. The molecule has 8 nitrogen and oxygen atoms in total. The Labute approximate surface area is 242 Å². The van der Waals surface area contributed by atoms with Gasteiger partial charge in [0.15, 0.2) is 0 Å². The average molecular weight is 580 g/mol. The van der Waals surface area contributed by atoms with E-state index in [0.717, 1.165) is 25.7 Å². The van der Waals surface area contributed by atoms with Gasteiger partial charge in [-0.15, -0.1) is 0 Å². The summed E-state index contributed by atoms with van der Waals surface area (Å²) in [6.45, 7) is 11.3. The summed E-state index contributed by atoms with van der Waals surface area (Å²) in [6, 6.07) is 6.59. The molecule has 2 heterocycles. The second-order valence-electron chi connectivity index (χ2n) is 11.3. The highest BCUT2D eigenvalue weighted by Crippen LogP contribution is 2.38. The summed E-state index contributed by atoms with van der Waals surface area (Å²) in [5.74, 6) is -0.0881. The molecule has 0 amide bonds. The zero-order valence-electron chi connectivity index (χ0n) is 24.3. The second kappa shape index (κ2) is 14.2. The Morgan fingerprint density at radius 1 is 1.12 bits per heavy atom. The Hall–Kier alpha value is -2.78. The molecule has 0 atom stereocenters. The summed E-state index contributed by atoms with van der Waals surface area (Å²) < 4.78 is 32.4. The number of halogens is 2.